The molecule has 10 nitrogen and oxygen atoms in total. The lowest BCUT2D eigenvalue weighted by Crippen LogP contribution is -2.39. The van der Waals surface area contributed by atoms with Crippen molar-refractivity contribution < 1.29 is 42.9 Å². The molecule has 236 valence electrons. The van der Waals surface area contributed by atoms with Crippen molar-refractivity contribution in [3.63, 3.8) is 0 Å². The molecule has 3 unspecified atom stereocenters. The van der Waals surface area contributed by atoms with E-state index >= 15 is 0 Å². The van der Waals surface area contributed by atoms with Crippen LogP contribution < -0.4 is 15.2 Å². The average molecular weight is 592 g/mol. The molecular formula is C32H49NO9. The molecule has 10 heteroatoms. The minimum Gasteiger partial charge on any atom is -0.458 e. The Morgan fingerprint density at radius 3 is 1.81 bits per heavy atom. The molecule has 0 amide bonds. The van der Waals surface area contributed by atoms with E-state index in [0.29, 0.717) is 5.56 Å². The zero-order valence-corrected chi connectivity index (χ0v) is 26.3. The summed E-state index contributed by atoms with van der Waals surface area (Å²) in [7, 11) is 0. The Bertz CT molecular complexity index is 1060. The lowest BCUT2D eigenvalue weighted by atomic mass is 9.98. The summed E-state index contributed by atoms with van der Waals surface area (Å²) in [4.78, 5) is 50.3. The summed E-state index contributed by atoms with van der Waals surface area (Å²) < 4.78 is 27.4. The van der Waals surface area contributed by atoms with Gasteiger partial charge in [-0.2, -0.15) is 0 Å². The highest BCUT2D eigenvalue weighted by molar-refractivity contribution is 5.79. The fourth-order valence-corrected chi connectivity index (χ4v) is 4.09. The molecule has 1 fully saturated rings. The topological polar surface area (TPSA) is 140 Å². The molecule has 1 aromatic carbocycles. The van der Waals surface area contributed by atoms with Gasteiger partial charge in [-0.15, -0.1) is 0 Å². The third-order valence-corrected chi connectivity index (χ3v) is 7.99. The van der Waals surface area contributed by atoms with Crippen LogP contribution in [-0.2, 0) is 35.0 Å². The maximum absolute atomic E-state index is 12.8. The van der Waals surface area contributed by atoms with Crippen molar-refractivity contribution in [3.8, 4) is 11.5 Å². The molecule has 0 aliphatic heterocycles. The third-order valence-electron chi connectivity index (χ3n) is 7.99. The zero-order chi connectivity index (χ0) is 31.6. The minimum atomic E-state index is -1.05. The highest BCUT2D eigenvalue weighted by Gasteiger charge is 2.28. The second-order valence-corrected chi connectivity index (χ2v) is 12.1. The van der Waals surface area contributed by atoms with Crippen molar-refractivity contribution >= 4 is 24.1 Å². The largest absolute Gasteiger partial charge is 0.508 e. The van der Waals surface area contributed by atoms with Crippen molar-refractivity contribution in [1.29, 1.82) is 0 Å². The molecule has 0 heterocycles. The molecule has 0 bridgehead atoms. The van der Waals surface area contributed by atoms with Crippen molar-refractivity contribution in [3.05, 3.63) is 23.8 Å². The minimum absolute atomic E-state index is 0.0401. The molecule has 1 saturated carbocycles. The van der Waals surface area contributed by atoms with E-state index in [0.717, 1.165) is 32.1 Å². The number of carbonyl (C=O) groups is 4. The van der Waals surface area contributed by atoms with E-state index in [1.165, 1.54) is 12.1 Å². The van der Waals surface area contributed by atoms with Gasteiger partial charge in [0.1, 0.15) is 24.4 Å². The van der Waals surface area contributed by atoms with Gasteiger partial charge < -0.3 is 29.4 Å². The van der Waals surface area contributed by atoms with E-state index in [1.54, 1.807) is 33.8 Å². The predicted octanol–water partition coefficient (Wildman–Crippen LogP) is 5.76. The second kappa shape index (κ2) is 16.5. The Kier molecular flexibility index (Phi) is 13.8. The maximum atomic E-state index is 12.8. The monoisotopic (exact) mass is 591 g/mol. The van der Waals surface area contributed by atoms with Crippen molar-refractivity contribution in [2.24, 2.45) is 29.4 Å². The molecule has 0 aromatic heterocycles. The van der Waals surface area contributed by atoms with E-state index in [2.05, 4.69) is 0 Å². The van der Waals surface area contributed by atoms with Gasteiger partial charge >= 0.3 is 24.1 Å². The number of hydrogen-bond donors (Lipinski definition) is 1. The third kappa shape index (κ3) is 10.9. The molecule has 1 aliphatic rings. The van der Waals surface area contributed by atoms with Crippen molar-refractivity contribution in [2.45, 2.75) is 118 Å². The number of hydrogen-bond acceptors (Lipinski definition) is 10. The smallest absolute Gasteiger partial charge is 0.458 e. The number of nitrogens with two attached hydrogens (primary N) is 1. The predicted molar refractivity (Wildman–Crippen MR) is 157 cm³/mol. The fraction of sp³-hybridized carbons (Fsp3) is 0.688. The molecule has 2 rings (SSSR count). The highest BCUT2D eigenvalue weighted by atomic mass is 16.7. The van der Waals surface area contributed by atoms with Gasteiger partial charge in [-0.25, -0.2) is 4.79 Å². The van der Waals surface area contributed by atoms with Crippen LogP contribution in [-0.4, -0.2) is 48.4 Å². The lowest BCUT2D eigenvalue weighted by molar-refractivity contribution is -0.156. The molecule has 0 saturated heterocycles. The first-order chi connectivity index (χ1) is 19.7. The second-order valence-electron chi connectivity index (χ2n) is 12.1. The number of carbonyl (C=O) groups excluding carboxylic acids is 4. The summed E-state index contributed by atoms with van der Waals surface area (Å²) in [6.07, 6.45) is 2.45. The Morgan fingerprint density at radius 2 is 1.26 bits per heavy atom. The SMILES string of the molecule is CC(C)C(C)C(=O)Oc1ccc(C[C@H](N)C(=O)O[C@@H](C)C(C)OC(=O)OC2CCCCC2)cc1OC(=O)C(C)C(C)C. The quantitative estimate of drug-likeness (QED) is 0.222. The van der Waals surface area contributed by atoms with Crippen LogP contribution in [0.2, 0.25) is 0 Å². The number of ether oxygens (including phenoxy) is 5. The van der Waals surface area contributed by atoms with Crippen molar-refractivity contribution in [2.75, 3.05) is 0 Å². The van der Waals surface area contributed by atoms with Crippen LogP contribution >= 0.6 is 0 Å². The first kappa shape index (κ1) is 35.1. The zero-order valence-electron chi connectivity index (χ0n) is 26.3. The molecule has 42 heavy (non-hydrogen) atoms. The van der Waals surface area contributed by atoms with Gasteiger partial charge in [0.2, 0.25) is 0 Å². The Morgan fingerprint density at radius 1 is 0.738 bits per heavy atom. The maximum Gasteiger partial charge on any atom is 0.508 e. The van der Waals surface area contributed by atoms with E-state index < -0.39 is 48.2 Å². The molecule has 0 radical (unpaired) electrons. The van der Waals surface area contributed by atoms with Crippen LogP contribution in [0.3, 0.4) is 0 Å². The van der Waals surface area contributed by atoms with Crippen LogP contribution in [0.1, 0.15) is 93.1 Å². The summed E-state index contributed by atoms with van der Waals surface area (Å²) in [6, 6.07) is 3.66. The first-order valence-electron chi connectivity index (χ1n) is 15.1. The molecule has 1 aromatic rings. The van der Waals surface area contributed by atoms with Crippen LogP contribution in [0, 0.1) is 23.7 Å². The number of esters is 3. The Balaban J connectivity index is 2.05. The van der Waals surface area contributed by atoms with E-state index in [9.17, 15) is 19.2 Å². The van der Waals surface area contributed by atoms with Crippen LogP contribution in [0.15, 0.2) is 18.2 Å². The van der Waals surface area contributed by atoms with E-state index in [-0.39, 0.29) is 41.8 Å². The van der Waals surface area contributed by atoms with Crippen molar-refractivity contribution in [1.82, 2.24) is 0 Å². The van der Waals surface area contributed by atoms with Gasteiger partial charge in [0.25, 0.3) is 0 Å². The number of rotatable bonds is 13. The molecule has 5 atom stereocenters. The summed E-state index contributed by atoms with van der Waals surface area (Å²) in [5.74, 6) is -2.08. The molecular weight excluding hydrogens is 542 g/mol. The molecule has 0 spiro atoms. The van der Waals surface area contributed by atoms with Gasteiger partial charge in [0.05, 0.1) is 11.8 Å². The number of benzene rings is 1. The van der Waals surface area contributed by atoms with Gasteiger partial charge in [0, 0.05) is 0 Å². The van der Waals surface area contributed by atoms with Gasteiger partial charge in [-0.3, -0.25) is 14.4 Å². The van der Waals surface area contributed by atoms with Crippen LogP contribution in [0.25, 0.3) is 0 Å². The lowest BCUT2D eigenvalue weighted by Gasteiger charge is -2.25. The standard InChI is InChI=1S/C32H49NO9/c1-18(2)20(5)29(34)41-27-15-14-24(17-28(27)42-30(35)21(6)19(3)4)16-26(33)31(36)38-22(7)23(8)39-32(37)40-25-12-10-9-11-13-25/h14-15,17-23,25-26H,9-13,16,33H2,1-8H3/t20?,21?,22-,23?,26-/m0/s1. The van der Waals surface area contributed by atoms with Gasteiger partial charge in [-0.1, -0.05) is 54.0 Å². The fourth-order valence-electron chi connectivity index (χ4n) is 4.09. The normalized spacial score (nSPS) is 17.5. The summed E-state index contributed by atoms with van der Waals surface area (Å²) in [5.41, 5.74) is 6.73. The molecule has 2 N–H and O–H groups in total. The highest BCUT2D eigenvalue weighted by Crippen LogP contribution is 2.32. The molecule has 1 aliphatic carbocycles. The summed E-state index contributed by atoms with van der Waals surface area (Å²) >= 11 is 0. The van der Waals surface area contributed by atoms with E-state index in [4.69, 9.17) is 29.4 Å². The first-order valence-corrected chi connectivity index (χ1v) is 15.1. The summed E-state index contributed by atoms with van der Waals surface area (Å²) in [5, 5.41) is 0. The van der Waals surface area contributed by atoms with Gasteiger partial charge in [-0.05, 0) is 75.5 Å². The Labute approximate surface area is 249 Å². The van der Waals surface area contributed by atoms with Crippen LogP contribution in [0.4, 0.5) is 4.79 Å². The Hall–Kier alpha value is -3.14. The average Bonchev–Trinajstić information content (AvgIpc) is 2.93. The van der Waals surface area contributed by atoms with E-state index in [1.807, 2.05) is 27.7 Å². The van der Waals surface area contributed by atoms with Gasteiger partial charge in [0.15, 0.2) is 11.5 Å². The van der Waals surface area contributed by atoms with Crippen LogP contribution in [0.5, 0.6) is 11.5 Å². The summed E-state index contributed by atoms with van der Waals surface area (Å²) in [6.45, 7) is 14.4.